The van der Waals surface area contributed by atoms with Crippen LogP contribution >= 0.6 is 0 Å². The Morgan fingerprint density at radius 3 is 2.77 bits per heavy atom. The Bertz CT molecular complexity index is 136. The summed E-state index contributed by atoms with van der Waals surface area (Å²) in [5, 5.41) is 0. The van der Waals surface area contributed by atoms with Crippen LogP contribution in [0.5, 0.6) is 0 Å². The van der Waals surface area contributed by atoms with Crippen molar-refractivity contribution in [1.29, 1.82) is 0 Å². The highest BCUT2D eigenvalue weighted by Crippen LogP contribution is 2.28. The first-order valence-electron chi connectivity index (χ1n) is 5.68. The summed E-state index contributed by atoms with van der Waals surface area (Å²) in [6.45, 7) is 4.17. The zero-order valence-corrected chi connectivity index (χ0v) is 9.13. The summed E-state index contributed by atoms with van der Waals surface area (Å²) in [6, 6.07) is 0.808. The van der Waals surface area contributed by atoms with Crippen molar-refractivity contribution in [3.05, 3.63) is 0 Å². The first kappa shape index (κ1) is 11.0. The van der Waals surface area contributed by atoms with Crippen LogP contribution in [0.15, 0.2) is 0 Å². The number of hydrogen-bond donors (Lipinski definition) is 1. The predicted molar refractivity (Wildman–Crippen MR) is 57.7 cm³/mol. The molecule has 0 radical (unpaired) electrons. The number of nitrogens with zero attached hydrogens (tertiary/aromatic N) is 1. The van der Waals surface area contributed by atoms with E-state index < -0.39 is 0 Å². The highest BCUT2D eigenvalue weighted by Gasteiger charge is 2.22. The van der Waals surface area contributed by atoms with Crippen molar-refractivity contribution in [1.82, 2.24) is 4.90 Å². The molecule has 0 amide bonds. The third kappa shape index (κ3) is 3.28. The molecule has 0 aromatic heterocycles. The number of hydrogen-bond acceptors (Lipinski definition) is 2. The van der Waals surface area contributed by atoms with Crippen molar-refractivity contribution >= 4 is 0 Å². The Morgan fingerprint density at radius 2 is 2.15 bits per heavy atom. The van der Waals surface area contributed by atoms with Crippen LogP contribution in [0.3, 0.4) is 0 Å². The Morgan fingerprint density at radius 1 is 1.38 bits per heavy atom. The lowest BCUT2D eigenvalue weighted by Gasteiger charge is -2.34. The lowest BCUT2D eigenvalue weighted by Crippen LogP contribution is -2.38. The smallest absolute Gasteiger partial charge is 0.0104 e. The molecule has 2 nitrogen and oxygen atoms in total. The second-order valence-corrected chi connectivity index (χ2v) is 4.36. The molecule has 13 heavy (non-hydrogen) atoms. The minimum atomic E-state index is 0.795. The summed E-state index contributed by atoms with van der Waals surface area (Å²) < 4.78 is 0. The maximum absolute atomic E-state index is 5.56. The molecule has 2 unspecified atom stereocenters. The van der Waals surface area contributed by atoms with Crippen molar-refractivity contribution in [2.75, 3.05) is 20.1 Å². The van der Waals surface area contributed by atoms with E-state index in [1.807, 2.05) is 0 Å². The lowest BCUT2D eigenvalue weighted by molar-refractivity contribution is 0.159. The summed E-state index contributed by atoms with van der Waals surface area (Å²) in [4.78, 5) is 2.45. The zero-order chi connectivity index (χ0) is 9.68. The summed E-state index contributed by atoms with van der Waals surface area (Å²) in [6.07, 6.45) is 6.99. The van der Waals surface area contributed by atoms with Crippen LogP contribution < -0.4 is 5.73 Å². The van der Waals surface area contributed by atoms with Crippen LogP contribution in [0.25, 0.3) is 0 Å². The number of rotatable bonds is 4. The largest absolute Gasteiger partial charge is 0.329 e. The second kappa shape index (κ2) is 5.61. The molecule has 1 aliphatic rings. The van der Waals surface area contributed by atoms with Crippen LogP contribution in [0.1, 0.15) is 39.0 Å². The summed E-state index contributed by atoms with van der Waals surface area (Å²) in [5.41, 5.74) is 5.56. The van der Waals surface area contributed by atoms with Gasteiger partial charge in [-0.25, -0.2) is 0 Å². The van der Waals surface area contributed by atoms with E-state index in [0.717, 1.165) is 25.0 Å². The van der Waals surface area contributed by atoms with Crippen molar-refractivity contribution in [3.8, 4) is 0 Å². The third-order valence-electron chi connectivity index (χ3n) is 3.44. The minimum Gasteiger partial charge on any atom is -0.329 e. The summed E-state index contributed by atoms with van der Waals surface area (Å²) in [7, 11) is 2.22. The molecule has 0 aromatic rings. The number of likely N-dealkylation sites (N-methyl/N-ethyl adjacent to an activating group) is 1. The van der Waals surface area contributed by atoms with Crippen LogP contribution in [-0.4, -0.2) is 31.1 Å². The lowest BCUT2D eigenvalue weighted by atomic mass is 9.83. The van der Waals surface area contributed by atoms with Crippen LogP contribution in [0, 0.1) is 5.92 Å². The van der Waals surface area contributed by atoms with Crippen molar-refractivity contribution < 1.29 is 0 Å². The van der Waals surface area contributed by atoms with E-state index in [1.165, 1.54) is 32.1 Å². The van der Waals surface area contributed by atoms with Gasteiger partial charge in [0.25, 0.3) is 0 Å². The van der Waals surface area contributed by atoms with Gasteiger partial charge in [-0.15, -0.1) is 0 Å². The maximum Gasteiger partial charge on any atom is 0.0104 e. The first-order chi connectivity index (χ1) is 6.27. The molecule has 78 valence electrons. The molecular weight excluding hydrogens is 160 g/mol. The molecule has 0 heterocycles. The number of nitrogens with two attached hydrogens (primary N) is 1. The van der Waals surface area contributed by atoms with E-state index in [2.05, 4.69) is 18.9 Å². The van der Waals surface area contributed by atoms with Crippen LogP contribution in [-0.2, 0) is 0 Å². The van der Waals surface area contributed by atoms with Gasteiger partial charge in [0.15, 0.2) is 0 Å². The molecule has 0 bridgehead atoms. The molecule has 0 spiro atoms. The highest BCUT2D eigenvalue weighted by atomic mass is 15.1. The Labute approximate surface area is 82.5 Å². The molecule has 0 aliphatic heterocycles. The van der Waals surface area contributed by atoms with Gasteiger partial charge in [-0.2, -0.15) is 0 Å². The predicted octanol–water partition coefficient (Wildman–Crippen LogP) is 1.85. The molecule has 0 saturated heterocycles. The molecule has 1 saturated carbocycles. The van der Waals surface area contributed by atoms with Gasteiger partial charge in [-0.1, -0.05) is 26.2 Å². The average Bonchev–Trinajstić information content (AvgIpc) is 2.18. The Balaban J connectivity index is 2.32. The average molecular weight is 184 g/mol. The fourth-order valence-corrected chi connectivity index (χ4v) is 2.42. The monoisotopic (exact) mass is 184 g/mol. The maximum atomic E-state index is 5.56. The van der Waals surface area contributed by atoms with Gasteiger partial charge < -0.3 is 10.6 Å². The summed E-state index contributed by atoms with van der Waals surface area (Å²) >= 11 is 0. The fraction of sp³-hybridized carbons (Fsp3) is 1.00. The van der Waals surface area contributed by atoms with E-state index in [-0.39, 0.29) is 0 Å². The van der Waals surface area contributed by atoms with E-state index in [0.29, 0.717) is 0 Å². The fourth-order valence-electron chi connectivity index (χ4n) is 2.42. The standard InChI is InChI=1S/C11H24N2/c1-3-10-5-4-6-11(9-10)13(2)8-7-12/h10-11H,3-9,12H2,1-2H3. The molecule has 1 aliphatic carbocycles. The van der Waals surface area contributed by atoms with Crippen molar-refractivity contribution in [2.24, 2.45) is 11.7 Å². The quantitative estimate of drug-likeness (QED) is 0.722. The van der Waals surface area contributed by atoms with Gasteiger partial charge >= 0.3 is 0 Å². The molecule has 2 N–H and O–H groups in total. The summed E-state index contributed by atoms with van der Waals surface area (Å²) in [5.74, 6) is 0.971. The van der Waals surface area contributed by atoms with Gasteiger partial charge in [0, 0.05) is 19.1 Å². The normalized spacial score (nSPS) is 29.5. The van der Waals surface area contributed by atoms with E-state index in [4.69, 9.17) is 5.73 Å². The van der Waals surface area contributed by atoms with E-state index in [9.17, 15) is 0 Å². The van der Waals surface area contributed by atoms with Gasteiger partial charge in [-0.3, -0.25) is 0 Å². The van der Waals surface area contributed by atoms with Crippen LogP contribution in [0.2, 0.25) is 0 Å². The van der Waals surface area contributed by atoms with Crippen molar-refractivity contribution in [2.45, 2.75) is 45.1 Å². The highest BCUT2D eigenvalue weighted by molar-refractivity contribution is 4.78. The third-order valence-corrected chi connectivity index (χ3v) is 3.44. The SMILES string of the molecule is CCC1CCCC(N(C)CCN)C1. The minimum absolute atomic E-state index is 0.795. The van der Waals surface area contributed by atoms with Crippen molar-refractivity contribution in [3.63, 3.8) is 0 Å². The molecule has 0 aromatic carbocycles. The molecule has 1 rings (SSSR count). The Hall–Kier alpha value is -0.0800. The van der Waals surface area contributed by atoms with Gasteiger partial charge in [0.1, 0.15) is 0 Å². The Kier molecular flexibility index (Phi) is 4.74. The van der Waals surface area contributed by atoms with E-state index in [1.54, 1.807) is 0 Å². The van der Waals surface area contributed by atoms with E-state index >= 15 is 0 Å². The van der Waals surface area contributed by atoms with Gasteiger partial charge in [0.2, 0.25) is 0 Å². The second-order valence-electron chi connectivity index (χ2n) is 4.36. The van der Waals surface area contributed by atoms with Crippen LogP contribution in [0.4, 0.5) is 0 Å². The van der Waals surface area contributed by atoms with Gasteiger partial charge in [0.05, 0.1) is 0 Å². The molecule has 1 fully saturated rings. The molecule has 2 atom stereocenters. The zero-order valence-electron chi connectivity index (χ0n) is 9.13. The molecular formula is C11H24N2. The molecule has 2 heteroatoms. The first-order valence-corrected chi connectivity index (χ1v) is 5.68. The van der Waals surface area contributed by atoms with Gasteiger partial charge in [-0.05, 0) is 25.8 Å². The topological polar surface area (TPSA) is 29.3 Å².